The topological polar surface area (TPSA) is 72.8 Å². The third kappa shape index (κ3) is 4.46. The third-order valence-corrected chi connectivity index (χ3v) is 5.81. The van der Waals surface area contributed by atoms with Crippen molar-refractivity contribution >= 4 is 11.9 Å². The molecular formula is C23H30O5. The molecule has 1 heterocycles. The van der Waals surface area contributed by atoms with Crippen molar-refractivity contribution in [3.05, 3.63) is 46.0 Å². The molecule has 5 heteroatoms. The van der Waals surface area contributed by atoms with E-state index in [9.17, 15) is 14.7 Å². The van der Waals surface area contributed by atoms with E-state index in [1.54, 1.807) is 0 Å². The summed E-state index contributed by atoms with van der Waals surface area (Å²) in [7, 11) is 0. The molecule has 1 aliphatic carbocycles. The molecule has 2 aliphatic rings. The highest BCUT2D eigenvalue weighted by molar-refractivity contribution is 5.93. The molecule has 1 aliphatic heterocycles. The van der Waals surface area contributed by atoms with Crippen LogP contribution in [0.2, 0.25) is 0 Å². The molecule has 0 spiro atoms. The fourth-order valence-electron chi connectivity index (χ4n) is 4.42. The molecule has 2 fully saturated rings. The Bertz CT molecular complexity index is 765. The van der Waals surface area contributed by atoms with Crippen molar-refractivity contribution in [1.29, 1.82) is 0 Å². The summed E-state index contributed by atoms with van der Waals surface area (Å²) in [6.45, 7) is 5.20. The summed E-state index contributed by atoms with van der Waals surface area (Å²) in [5.74, 6) is -0.465. The van der Waals surface area contributed by atoms with Gasteiger partial charge in [-0.05, 0) is 50.7 Å². The molecule has 1 saturated carbocycles. The van der Waals surface area contributed by atoms with Crippen molar-refractivity contribution in [3.63, 3.8) is 0 Å². The minimum Gasteiger partial charge on any atom is -0.458 e. The number of esters is 2. The van der Waals surface area contributed by atoms with E-state index in [-0.39, 0.29) is 19.6 Å². The van der Waals surface area contributed by atoms with Gasteiger partial charge in [0.15, 0.2) is 5.60 Å². The van der Waals surface area contributed by atoms with Crippen LogP contribution in [-0.4, -0.2) is 35.9 Å². The normalized spacial score (nSPS) is 24.4. The molecule has 0 bridgehead atoms. The SMILES string of the molecule is Cc1cc(C)c(C(=O)OCC2(CO)C/C(=C/C3CCCCC3)C(=O)O2)c(C)c1. The molecule has 28 heavy (non-hydrogen) atoms. The molecule has 1 saturated heterocycles. The van der Waals surface area contributed by atoms with Gasteiger partial charge in [-0.1, -0.05) is 43.0 Å². The van der Waals surface area contributed by atoms with Gasteiger partial charge in [-0.25, -0.2) is 9.59 Å². The first-order chi connectivity index (χ1) is 13.3. The number of benzene rings is 1. The van der Waals surface area contributed by atoms with E-state index in [2.05, 4.69) is 0 Å². The lowest BCUT2D eigenvalue weighted by molar-refractivity contribution is -0.154. The Balaban J connectivity index is 1.69. The van der Waals surface area contributed by atoms with Gasteiger partial charge < -0.3 is 14.6 Å². The minimum absolute atomic E-state index is 0.150. The maximum atomic E-state index is 12.6. The number of ether oxygens (including phenoxy) is 2. The van der Waals surface area contributed by atoms with Gasteiger partial charge in [-0.3, -0.25) is 0 Å². The second kappa shape index (κ2) is 8.48. The van der Waals surface area contributed by atoms with Crippen LogP contribution in [0.15, 0.2) is 23.8 Å². The van der Waals surface area contributed by atoms with E-state index in [1.807, 2.05) is 39.0 Å². The predicted molar refractivity (Wildman–Crippen MR) is 106 cm³/mol. The molecule has 0 aromatic heterocycles. The highest BCUT2D eigenvalue weighted by atomic mass is 16.6. The van der Waals surface area contributed by atoms with Gasteiger partial charge in [-0.15, -0.1) is 0 Å². The van der Waals surface area contributed by atoms with Crippen LogP contribution in [0.3, 0.4) is 0 Å². The van der Waals surface area contributed by atoms with Gasteiger partial charge >= 0.3 is 11.9 Å². The summed E-state index contributed by atoms with van der Waals surface area (Å²) in [6.07, 6.45) is 8.07. The number of aliphatic hydroxyl groups excluding tert-OH is 1. The van der Waals surface area contributed by atoms with Gasteiger partial charge in [0.2, 0.25) is 0 Å². The second-order valence-electron chi connectivity index (χ2n) is 8.35. The van der Waals surface area contributed by atoms with Crippen molar-refractivity contribution in [2.24, 2.45) is 5.92 Å². The first kappa shape index (κ1) is 20.6. The number of aryl methyl sites for hydroxylation is 3. The molecular weight excluding hydrogens is 356 g/mol. The number of aliphatic hydroxyl groups is 1. The maximum Gasteiger partial charge on any atom is 0.338 e. The molecule has 0 radical (unpaired) electrons. The molecule has 0 amide bonds. The van der Waals surface area contributed by atoms with Crippen molar-refractivity contribution < 1.29 is 24.2 Å². The van der Waals surface area contributed by atoms with E-state index >= 15 is 0 Å². The minimum atomic E-state index is -1.18. The van der Waals surface area contributed by atoms with Crippen molar-refractivity contribution in [3.8, 4) is 0 Å². The highest BCUT2D eigenvalue weighted by Crippen LogP contribution is 2.34. The molecule has 1 N–H and O–H groups in total. The summed E-state index contributed by atoms with van der Waals surface area (Å²) >= 11 is 0. The number of rotatable bonds is 5. The Morgan fingerprint density at radius 1 is 1.21 bits per heavy atom. The number of hydrogen-bond donors (Lipinski definition) is 1. The van der Waals surface area contributed by atoms with E-state index < -0.39 is 17.5 Å². The molecule has 1 aromatic carbocycles. The van der Waals surface area contributed by atoms with Crippen LogP contribution in [0.5, 0.6) is 0 Å². The zero-order chi connectivity index (χ0) is 20.3. The molecule has 1 atom stereocenters. The van der Waals surface area contributed by atoms with Crippen molar-refractivity contribution in [2.45, 2.75) is 64.9 Å². The zero-order valence-electron chi connectivity index (χ0n) is 17.0. The van der Waals surface area contributed by atoms with Gasteiger partial charge in [0.25, 0.3) is 0 Å². The second-order valence-corrected chi connectivity index (χ2v) is 8.35. The number of carbonyl (C=O) groups excluding carboxylic acids is 2. The van der Waals surface area contributed by atoms with Crippen LogP contribution >= 0.6 is 0 Å². The fourth-order valence-corrected chi connectivity index (χ4v) is 4.42. The van der Waals surface area contributed by atoms with E-state index in [0.29, 0.717) is 17.1 Å². The first-order valence-corrected chi connectivity index (χ1v) is 10.1. The van der Waals surface area contributed by atoms with Gasteiger partial charge in [0, 0.05) is 12.0 Å². The van der Waals surface area contributed by atoms with Gasteiger partial charge in [-0.2, -0.15) is 0 Å². The highest BCUT2D eigenvalue weighted by Gasteiger charge is 2.45. The molecule has 152 valence electrons. The first-order valence-electron chi connectivity index (χ1n) is 10.1. The summed E-state index contributed by atoms with van der Waals surface area (Å²) < 4.78 is 11.0. The zero-order valence-corrected chi connectivity index (χ0v) is 17.0. The summed E-state index contributed by atoms with van der Waals surface area (Å²) in [5, 5.41) is 9.89. The fraction of sp³-hybridized carbons (Fsp3) is 0.565. The smallest absolute Gasteiger partial charge is 0.338 e. The number of allylic oxidation sites excluding steroid dienone is 1. The van der Waals surface area contributed by atoms with Crippen LogP contribution < -0.4 is 0 Å². The molecule has 1 aromatic rings. The number of cyclic esters (lactones) is 1. The number of carbonyl (C=O) groups is 2. The maximum absolute atomic E-state index is 12.6. The largest absolute Gasteiger partial charge is 0.458 e. The Kier molecular flexibility index (Phi) is 6.23. The van der Waals surface area contributed by atoms with Crippen LogP contribution in [0.1, 0.15) is 65.6 Å². The average Bonchev–Trinajstić information content (AvgIpc) is 2.96. The quantitative estimate of drug-likeness (QED) is 0.613. The molecule has 1 unspecified atom stereocenters. The van der Waals surface area contributed by atoms with Gasteiger partial charge in [0.05, 0.1) is 12.2 Å². The van der Waals surface area contributed by atoms with E-state index in [1.165, 1.54) is 19.3 Å². The van der Waals surface area contributed by atoms with Crippen molar-refractivity contribution in [2.75, 3.05) is 13.2 Å². The van der Waals surface area contributed by atoms with Crippen LogP contribution in [0.25, 0.3) is 0 Å². The Hall–Kier alpha value is -2.14. The standard InChI is InChI=1S/C23H30O5/c1-15-9-16(2)20(17(3)10-15)22(26)27-14-23(13-24)12-19(21(25)28-23)11-18-7-5-4-6-8-18/h9-11,18,24H,4-8,12-14H2,1-3H3/b19-11-. The van der Waals surface area contributed by atoms with Crippen LogP contribution in [0.4, 0.5) is 0 Å². The summed E-state index contributed by atoms with van der Waals surface area (Å²) in [5.41, 5.74) is 2.73. The van der Waals surface area contributed by atoms with E-state index in [0.717, 1.165) is 29.5 Å². The van der Waals surface area contributed by atoms with Crippen LogP contribution in [-0.2, 0) is 14.3 Å². The lowest BCUT2D eigenvalue weighted by Crippen LogP contribution is -2.39. The molecule has 5 nitrogen and oxygen atoms in total. The van der Waals surface area contributed by atoms with Crippen molar-refractivity contribution in [1.82, 2.24) is 0 Å². The van der Waals surface area contributed by atoms with Crippen LogP contribution in [0, 0.1) is 26.7 Å². The Morgan fingerprint density at radius 3 is 2.46 bits per heavy atom. The lowest BCUT2D eigenvalue weighted by atomic mass is 9.86. The summed E-state index contributed by atoms with van der Waals surface area (Å²) in [4.78, 5) is 25.0. The summed E-state index contributed by atoms with van der Waals surface area (Å²) in [6, 6.07) is 3.87. The average molecular weight is 386 g/mol. The van der Waals surface area contributed by atoms with E-state index in [4.69, 9.17) is 9.47 Å². The third-order valence-electron chi connectivity index (χ3n) is 5.81. The Morgan fingerprint density at radius 2 is 1.86 bits per heavy atom. The Labute approximate surface area is 166 Å². The monoisotopic (exact) mass is 386 g/mol. The lowest BCUT2D eigenvalue weighted by Gasteiger charge is -2.24. The molecule has 3 rings (SSSR count). The van der Waals surface area contributed by atoms with Gasteiger partial charge in [0.1, 0.15) is 6.61 Å². The number of hydrogen-bond acceptors (Lipinski definition) is 5. The predicted octanol–water partition coefficient (Wildman–Crippen LogP) is 3.95.